The van der Waals surface area contributed by atoms with Crippen LogP contribution in [0.25, 0.3) is 0 Å². The van der Waals surface area contributed by atoms with Gasteiger partial charge in [0, 0.05) is 6.07 Å². The number of benzene rings is 1. The molecule has 74 valence electrons. The molecule has 1 aromatic rings. The van der Waals surface area contributed by atoms with E-state index in [9.17, 15) is 8.78 Å². The predicted octanol–water partition coefficient (Wildman–Crippen LogP) is 3.86. The van der Waals surface area contributed by atoms with Crippen LogP contribution in [0.2, 0.25) is 0 Å². The molecule has 0 bridgehead atoms. The standard InChI is InChI=1S/C9H10F2.C2H6/c1-3-7-4-6(2)8(10)5-9(7)11;1-2/h4-5H,3H2,1-2H3;1-2H3. The third-order valence-electron chi connectivity index (χ3n) is 1.71. The highest BCUT2D eigenvalue weighted by Gasteiger charge is 2.04. The molecule has 0 atom stereocenters. The summed E-state index contributed by atoms with van der Waals surface area (Å²) in [4.78, 5) is 0. The molecule has 0 heterocycles. The SMILES string of the molecule is CC.CCc1cc(C)c(F)cc1F. The van der Waals surface area contributed by atoms with Crippen molar-refractivity contribution in [1.29, 1.82) is 0 Å². The van der Waals surface area contributed by atoms with E-state index in [1.54, 1.807) is 13.0 Å². The molecule has 13 heavy (non-hydrogen) atoms. The first-order valence-electron chi connectivity index (χ1n) is 4.59. The summed E-state index contributed by atoms with van der Waals surface area (Å²) in [6.45, 7) is 7.48. The molecule has 1 rings (SSSR count). The van der Waals surface area contributed by atoms with Gasteiger partial charge in [-0.15, -0.1) is 0 Å². The van der Waals surface area contributed by atoms with Crippen molar-refractivity contribution >= 4 is 0 Å². The summed E-state index contributed by atoms with van der Waals surface area (Å²) in [6, 6.07) is 2.48. The van der Waals surface area contributed by atoms with Gasteiger partial charge in [-0.25, -0.2) is 8.78 Å². The fraction of sp³-hybridized carbons (Fsp3) is 0.455. The molecule has 0 radical (unpaired) electrons. The van der Waals surface area contributed by atoms with Gasteiger partial charge in [-0.05, 0) is 24.5 Å². The van der Waals surface area contributed by atoms with Gasteiger partial charge < -0.3 is 0 Å². The summed E-state index contributed by atoms with van der Waals surface area (Å²) in [7, 11) is 0. The van der Waals surface area contributed by atoms with E-state index in [1.807, 2.05) is 20.8 Å². The van der Waals surface area contributed by atoms with Crippen molar-refractivity contribution in [2.75, 3.05) is 0 Å². The van der Waals surface area contributed by atoms with Crippen LogP contribution in [0.15, 0.2) is 12.1 Å². The third kappa shape index (κ3) is 3.13. The maximum Gasteiger partial charge on any atom is 0.129 e. The lowest BCUT2D eigenvalue weighted by Gasteiger charge is -2.01. The second kappa shape index (κ2) is 5.68. The molecule has 0 N–H and O–H groups in total. The van der Waals surface area contributed by atoms with Gasteiger partial charge in [-0.3, -0.25) is 0 Å². The lowest BCUT2D eigenvalue weighted by atomic mass is 10.1. The number of aryl methyl sites for hydroxylation is 2. The van der Waals surface area contributed by atoms with Crippen LogP contribution in [-0.4, -0.2) is 0 Å². The molecule has 0 aliphatic carbocycles. The molecule has 0 saturated carbocycles. The van der Waals surface area contributed by atoms with Gasteiger partial charge in [0.15, 0.2) is 0 Å². The topological polar surface area (TPSA) is 0 Å². The van der Waals surface area contributed by atoms with Gasteiger partial charge in [0.25, 0.3) is 0 Å². The van der Waals surface area contributed by atoms with Gasteiger partial charge in [0.2, 0.25) is 0 Å². The van der Waals surface area contributed by atoms with Crippen LogP contribution in [0.4, 0.5) is 8.78 Å². The van der Waals surface area contributed by atoms with E-state index < -0.39 is 11.6 Å². The second-order valence-electron chi connectivity index (χ2n) is 2.55. The van der Waals surface area contributed by atoms with Crippen LogP contribution in [0, 0.1) is 18.6 Å². The fourth-order valence-electron chi connectivity index (χ4n) is 0.988. The number of hydrogen-bond donors (Lipinski definition) is 0. The van der Waals surface area contributed by atoms with Crippen molar-refractivity contribution in [2.24, 2.45) is 0 Å². The molecular weight excluding hydrogens is 170 g/mol. The van der Waals surface area contributed by atoms with Crippen LogP contribution >= 0.6 is 0 Å². The lowest BCUT2D eigenvalue weighted by molar-refractivity contribution is 0.568. The van der Waals surface area contributed by atoms with Crippen LogP contribution in [0.3, 0.4) is 0 Å². The van der Waals surface area contributed by atoms with Gasteiger partial charge in [-0.1, -0.05) is 26.8 Å². The minimum atomic E-state index is -0.472. The van der Waals surface area contributed by atoms with Crippen LogP contribution < -0.4 is 0 Å². The Labute approximate surface area is 78.6 Å². The summed E-state index contributed by atoms with van der Waals surface area (Å²) in [5.74, 6) is -0.921. The summed E-state index contributed by atoms with van der Waals surface area (Å²) in [6.07, 6.45) is 0.604. The van der Waals surface area contributed by atoms with Crippen molar-refractivity contribution in [3.8, 4) is 0 Å². The average Bonchev–Trinajstić information content (AvgIpc) is 2.15. The first kappa shape index (κ1) is 12.1. The molecule has 0 fully saturated rings. The van der Waals surface area contributed by atoms with E-state index in [-0.39, 0.29) is 0 Å². The van der Waals surface area contributed by atoms with E-state index >= 15 is 0 Å². The largest absolute Gasteiger partial charge is 0.207 e. The summed E-state index contributed by atoms with van der Waals surface area (Å²) in [5, 5.41) is 0. The van der Waals surface area contributed by atoms with E-state index in [4.69, 9.17) is 0 Å². The Morgan fingerprint density at radius 2 is 1.62 bits per heavy atom. The van der Waals surface area contributed by atoms with Crippen LogP contribution in [0.5, 0.6) is 0 Å². The van der Waals surface area contributed by atoms with Crippen molar-refractivity contribution < 1.29 is 8.78 Å². The van der Waals surface area contributed by atoms with E-state index in [2.05, 4.69) is 0 Å². The average molecular weight is 186 g/mol. The Hall–Kier alpha value is -0.920. The molecule has 0 saturated heterocycles. The molecule has 2 heteroatoms. The molecule has 0 aromatic heterocycles. The summed E-state index contributed by atoms with van der Waals surface area (Å²) >= 11 is 0. The van der Waals surface area contributed by atoms with Gasteiger partial charge in [0.05, 0.1) is 0 Å². The molecule has 0 aliphatic heterocycles. The molecule has 0 spiro atoms. The summed E-state index contributed by atoms with van der Waals surface area (Å²) < 4.78 is 25.4. The summed E-state index contributed by atoms with van der Waals surface area (Å²) in [5.41, 5.74) is 1.08. The predicted molar refractivity (Wildman–Crippen MR) is 51.8 cm³/mol. The van der Waals surface area contributed by atoms with E-state index in [1.165, 1.54) is 0 Å². The number of rotatable bonds is 1. The van der Waals surface area contributed by atoms with Gasteiger partial charge >= 0.3 is 0 Å². The quantitative estimate of drug-likeness (QED) is 0.624. The second-order valence-corrected chi connectivity index (χ2v) is 2.55. The van der Waals surface area contributed by atoms with Gasteiger partial charge in [-0.2, -0.15) is 0 Å². The zero-order chi connectivity index (χ0) is 10.4. The number of hydrogen-bond acceptors (Lipinski definition) is 0. The normalized spacial score (nSPS) is 9.08. The van der Waals surface area contributed by atoms with Gasteiger partial charge in [0.1, 0.15) is 11.6 Å². The lowest BCUT2D eigenvalue weighted by Crippen LogP contribution is -1.92. The maximum absolute atomic E-state index is 12.8. The Morgan fingerprint density at radius 1 is 1.08 bits per heavy atom. The van der Waals surface area contributed by atoms with Crippen molar-refractivity contribution in [3.05, 3.63) is 34.9 Å². The minimum Gasteiger partial charge on any atom is -0.207 e. The zero-order valence-electron chi connectivity index (χ0n) is 8.62. The highest BCUT2D eigenvalue weighted by atomic mass is 19.1. The Kier molecular flexibility index (Phi) is 5.28. The third-order valence-corrected chi connectivity index (χ3v) is 1.71. The van der Waals surface area contributed by atoms with Crippen LogP contribution in [-0.2, 0) is 6.42 Å². The highest BCUT2D eigenvalue weighted by molar-refractivity contribution is 5.25. The van der Waals surface area contributed by atoms with Crippen molar-refractivity contribution in [2.45, 2.75) is 34.1 Å². The smallest absolute Gasteiger partial charge is 0.129 e. The highest BCUT2D eigenvalue weighted by Crippen LogP contribution is 2.14. The Balaban J connectivity index is 0.000000671. The maximum atomic E-state index is 12.8. The minimum absolute atomic E-state index is 0.449. The fourth-order valence-corrected chi connectivity index (χ4v) is 0.988. The van der Waals surface area contributed by atoms with Crippen molar-refractivity contribution in [3.63, 3.8) is 0 Å². The molecule has 0 unspecified atom stereocenters. The first-order chi connectivity index (χ1) is 6.15. The number of halogens is 2. The molecule has 1 aromatic carbocycles. The zero-order valence-corrected chi connectivity index (χ0v) is 8.62. The van der Waals surface area contributed by atoms with E-state index in [0.29, 0.717) is 17.5 Å². The molecule has 0 aliphatic rings. The molecular formula is C11H16F2. The molecule has 0 nitrogen and oxygen atoms in total. The first-order valence-corrected chi connectivity index (χ1v) is 4.59. The Bertz CT molecular complexity index is 267. The monoisotopic (exact) mass is 186 g/mol. The van der Waals surface area contributed by atoms with E-state index in [0.717, 1.165) is 6.07 Å². The molecule has 0 amide bonds. The van der Waals surface area contributed by atoms with Crippen LogP contribution in [0.1, 0.15) is 31.9 Å². The van der Waals surface area contributed by atoms with Crippen molar-refractivity contribution in [1.82, 2.24) is 0 Å². The Morgan fingerprint density at radius 3 is 2.08 bits per heavy atom.